The zero-order valence-corrected chi connectivity index (χ0v) is 12.5. The van der Waals surface area contributed by atoms with E-state index in [2.05, 4.69) is 11.1 Å². The molecule has 0 amide bonds. The molecule has 0 unspecified atom stereocenters. The molecule has 3 nitrogen and oxygen atoms in total. The van der Waals surface area contributed by atoms with Gasteiger partial charge in [-0.2, -0.15) is 0 Å². The van der Waals surface area contributed by atoms with E-state index < -0.39 is 0 Å². The average molecular weight is 301 g/mol. The first-order valence-electron chi connectivity index (χ1n) is 7.55. The first kappa shape index (κ1) is 13.6. The molecule has 4 rings (SSSR count). The lowest BCUT2D eigenvalue weighted by molar-refractivity contribution is -0.133. The van der Waals surface area contributed by atoms with Crippen LogP contribution in [0.2, 0.25) is 0 Å². The van der Waals surface area contributed by atoms with Crippen molar-refractivity contribution < 1.29 is 9.53 Å². The fraction of sp³-hybridized carbons (Fsp3) is 0.0500. The molecule has 0 aliphatic rings. The Labute approximate surface area is 133 Å². The van der Waals surface area contributed by atoms with E-state index in [9.17, 15) is 4.79 Å². The third-order valence-corrected chi connectivity index (χ3v) is 3.90. The summed E-state index contributed by atoms with van der Waals surface area (Å²) in [4.78, 5) is 15.4. The third kappa shape index (κ3) is 2.69. The molecule has 0 aliphatic heterocycles. The summed E-state index contributed by atoms with van der Waals surface area (Å²) in [5.74, 6) is 0.318. The summed E-state index contributed by atoms with van der Waals surface area (Å²) >= 11 is 0. The van der Waals surface area contributed by atoms with Crippen molar-refractivity contribution in [3.05, 3.63) is 78.4 Å². The van der Waals surface area contributed by atoms with E-state index in [0.29, 0.717) is 5.75 Å². The summed E-state index contributed by atoms with van der Waals surface area (Å²) in [5, 5.41) is 2.19. The van der Waals surface area contributed by atoms with Crippen LogP contribution in [0.5, 0.6) is 5.75 Å². The summed E-state index contributed by atoms with van der Waals surface area (Å²) in [6.45, 7) is 0. The number of hydrogen-bond acceptors (Lipinski definition) is 2. The monoisotopic (exact) mass is 301 g/mol. The van der Waals surface area contributed by atoms with Crippen LogP contribution in [-0.2, 0) is 11.2 Å². The Morgan fingerprint density at radius 2 is 1.57 bits per heavy atom. The van der Waals surface area contributed by atoms with Crippen LogP contribution in [0.3, 0.4) is 0 Å². The van der Waals surface area contributed by atoms with Crippen molar-refractivity contribution in [2.45, 2.75) is 6.42 Å². The van der Waals surface area contributed by atoms with Crippen LogP contribution in [0.25, 0.3) is 21.8 Å². The van der Waals surface area contributed by atoms with Crippen LogP contribution in [-0.4, -0.2) is 11.0 Å². The number of fused-ring (bicyclic) bond motifs is 3. The molecule has 23 heavy (non-hydrogen) atoms. The van der Waals surface area contributed by atoms with Crippen molar-refractivity contribution in [2.24, 2.45) is 0 Å². The Morgan fingerprint density at radius 1 is 0.826 bits per heavy atom. The first-order valence-corrected chi connectivity index (χ1v) is 7.55. The highest BCUT2D eigenvalue weighted by Crippen LogP contribution is 2.28. The molecular formula is C20H15NO2. The molecule has 1 heterocycles. The van der Waals surface area contributed by atoms with Crippen LogP contribution in [0, 0.1) is 0 Å². The molecule has 0 spiro atoms. The molecule has 0 atom stereocenters. The van der Waals surface area contributed by atoms with Gasteiger partial charge in [0.25, 0.3) is 0 Å². The quantitative estimate of drug-likeness (QED) is 0.448. The van der Waals surface area contributed by atoms with Crippen molar-refractivity contribution in [3.8, 4) is 5.75 Å². The summed E-state index contributed by atoms with van der Waals surface area (Å²) < 4.78 is 5.49. The van der Waals surface area contributed by atoms with Crippen LogP contribution in [0.4, 0.5) is 0 Å². The number of aromatic nitrogens is 1. The van der Waals surface area contributed by atoms with Crippen LogP contribution < -0.4 is 4.74 Å². The Morgan fingerprint density at radius 3 is 2.43 bits per heavy atom. The Bertz CT molecular complexity index is 986. The second-order valence-electron chi connectivity index (χ2n) is 5.51. The van der Waals surface area contributed by atoms with Crippen molar-refractivity contribution in [1.29, 1.82) is 0 Å². The highest BCUT2D eigenvalue weighted by molar-refractivity contribution is 6.07. The second kappa shape index (κ2) is 5.61. The van der Waals surface area contributed by atoms with Crippen LogP contribution in [0.15, 0.2) is 72.8 Å². The van der Waals surface area contributed by atoms with E-state index in [1.54, 1.807) is 0 Å². The zero-order valence-electron chi connectivity index (χ0n) is 12.5. The minimum absolute atomic E-state index is 0.254. The molecule has 0 fully saturated rings. The van der Waals surface area contributed by atoms with E-state index in [-0.39, 0.29) is 12.4 Å². The van der Waals surface area contributed by atoms with E-state index in [1.807, 2.05) is 66.7 Å². The third-order valence-electron chi connectivity index (χ3n) is 3.90. The number of ether oxygens (including phenoxy) is 1. The maximum Gasteiger partial charge on any atom is 0.315 e. The summed E-state index contributed by atoms with van der Waals surface area (Å²) in [6.07, 6.45) is 0.271. The van der Waals surface area contributed by atoms with Gasteiger partial charge in [0.2, 0.25) is 0 Å². The molecule has 0 radical (unpaired) electrons. The normalized spacial score (nSPS) is 11.0. The van der Waals surface area contributed by atoms with Crippen molar-refractivity contribution in [3.63, 3.8) is 0 Å². The molecule has 0 aliphatic carbocycles. The molecule has 0 saturated carbocycles. The van der Waals surface area contributed by atoms with E-state index in [4.69, 9.17) is 4.74 Å². The molecule has 3 heteroatoms. The SMILES string of the molecule is O=C(Cc1ccccc1)Oc1ccc2[nH]c3ccccc3c2c1. The van der Waals surface area contributed by atoms with Crippen molar-refractivity contribution >= 4 is 27.8 Å². The lowest BCUT2D eigenvalue weighted by atomic mass is 10.1. The molecule has 0 bridgehead atoms. The Hall–Kier alpha value is -3.07. The number of rotatable bonds is 3. The fourth-order valence-corrected chi connectivity index (χ4v) is 2.82. The van der Waals surface area contributed by atoms with Gasteiger partial charge in [-0.25, -0.2) is 0 Å². The van der Waals surface area contributed by atoms with Gasteiger partial charge in [-0.15, -0.1) is 0 Å². The number of carbonyl (C=O) groups is 1. The molecule has 112 valence electrons. The van der Waals surface area contributed by atoms with Gasteiger partial charge in [0.05, 0.1) is 6.42 Å². The van der Waals surface area contributed by atoms with Gasteiger partial charge in [0.1, 0.15) is 5.75 Å². The second-order valence-corrected chi connectivity index (χ2v) is 5.51. The van der Waals surface area contributed by atoms with Gasteiger partial charge < -0.3 is 9.72 Å². The number of para-hydroxylation sites is 1. The topological polar surface area (TPSA) is 42.1 Å². The number of carbonyl (C=O) groups excluding carboxylic acids is 1. The van der Waals surface area contributed by atoms with E-state index >= 15 is 0 Å². The predicted molar refractivity (Wildman–Crippen MR) is 91.6 cm³/mol. The minimum Gasteiger partial charge on any atom is -0.426 e. The van der Waals surface area contributed by atoms with E-state index in [1.165, 1.54) is 0 Å². The van der Waals surface area contributed by atoms with Gasteiger partial charge in [-0.1, -0.05) is 48.5 Å². The van der Waals surface area contributed by atoms with Gasteiger partial charge in [0.15, 0.2) is 0 Å². The number of H-pyrrole nitrogens is 1. The highest BCUT2D eigenvalue weighted by Gasteiger charge is 2.09. The lowest BCUT2D eigenvalue weighted by Gasteiger charge is -2.05. The number of nitrogens with one attached hydrogen (secondary N) is 1. The largest absolute Gasteiger partial charge is 0.426 e. The molecule has 4 aromatic rings. The minimum atomic E-state index is -0.254. The van der Waals surface area contributed by atoms with Crippen molar-refractivity contribution in [1.82, 2.24) is 4.98 Å². The number of aromatic amines is 1. The first-order chi connectivity index (χ1) is 11.3. The molecular weight excluding hydrogens is 286 g/mol. The number of esters is 1. The zero-order chi connectivity index (χ0) is 15.6. The fourth-order valence-electron chi connectivity index (χ4n) is 2.82. The summed E-state index contributed by atoms with van der Waals surface area (Å²) in [6, 6.07) is 23.4. The Kier molecular flexibility index (Phi) is 3.31. The average Bonchev–Trinajstić information content (AvgIpc) is 2.94. The smallest absolute Gasteiger partial charge is 0.315 e. The highest BCUT2D eigenvalue weighted by atomic mass is 16.5. The standard InChI is InChI=1S/C20H15NO2/c22-20(12-14-6-2-1-3-7-14)23-15-10-11-19-17(13-15)16-8-4-5-9-18(16)21-19/h1-11,13,21H,12H2. The molecule has 1 N–H and O–H groups in total. The molecule has 1 aromatic heterocycles. The lowest BCUT2D eigenvalue weighted by Crippen LogP contribution is -2.11. The van der Waals surface area contributed by atoms with E-state index in [0.717, 1.165) is 27.4 Å². The predicted octanol–water partition coefficient (Wildman–Crippen LogP) is 4.47. The maximum absolute atomic E-state index is 12.1. The maximum atomic E-state index is 12.1. The van der Waals surface area contributed by atoms with Gasteiger partial charge in [-0.3, -0.25) is 4.79 Å². The number of hydrogen-bond donors (Lipinski definition) is 1. The Balaban J connectivity index is 1.61. The van der Waals surface area contributed by atoms with Gasteiger partial charge in [-0.05, 0) is 29.8 Å². The molecule has 3 aromatic carbocycles. The number of benzene rings is 3. The van der Waals surface area contributed by atoms with Gasteiger partial charge >= 0.3 is 5.97 Å². The summed E-state index contributed by atoms with van der Waals surface area (Å²) in [7, 11) is 0. The van der Waals surface area contributed by atoms with Crippen molar-refractivity contribution in [2.75, 3.05) is 0 Å². The summed E-state index contributed by atoms with van der Waals surface area (Å²) in [5.41, 5.74) is 3.06. The van der Waals surface area contributed by atoms with Crippen LogP contribution >= 0.6 is 0 Å². The van der Waals surface area contributed by atoms with Gasteiger partial charge in [0, 0.05) is 21.8 Å². The molecule has 0 saturated heterocycles. The van der Waals surface area contributed by atoms with Crippen LogP contribution in [0.1, 0.15) is 5.56 Å².